The van der Waals surface area contributed by atoms with E-state index in [1.54, 1.807) is 23.9 Å². The molecule has 0 spiro atoms. The summed E-state index contributed by atoms with van der Waals surface area (Å²) in [6.45, 7) is 1.30. The quantitative estimate of drug-likeness (QED) is 0.640. The number of anilines is 1. The lowest BCUT2D eigenvalue weighted by atomic mass is 10.1. The van der Waals surface area contributed by atoms with Gasteiger partial charge in [-0.15, -0.1) is 0 Å². The predicted octanol–water partition coefficient (Wildman–Crippen LogP) is 1.72. The smallest absolute Gasteiger partial charge is 0.355 e. The first-order valence-corrected chi connectivity index (χ1v) is 6.37. The van der Waals surface area contributed by atoms with E-state index in [0.717, 1.165) is 32.3 Å². The third kappa shape index (κ3) is 3.26. The maximum absolute atomic E-state index is 11.7. The van der Waals surface area contributed by atoms with Crippen molar-refractivity contribution in [2.75, 3.05) is 18.9 Å². The molecule has 0 amide bonds. The highest BCUT2D eigenvalue weighted by atomic mass is 16.5. The fourth-order valence-corrected chi connectivity index (χ4v) is 2.21. The van der Waals surface area contributed by atoms with Gasteiger partial charge >= 0.3 is 5.97 Å². The molecule has 2 rings (SSSR count). The molecule has 100 valence electrons. The minimum atomic E-state index is -0.318. The summed E-state index contributed by atoms with van der Waals surface area (Å²) in [5.74, 6) is -0.318. The molecule has 1 saturated heterocycles. The van der Waals surface area contributed by atoms with Crippen LogP contribution in [0.5, 0.6) is 0 Å². The molecule has 5 nitrogen and oxygen atoms in total. The molecule has 2 N–H and O–H groups in total. The summed E-state index contributed by atoms with van der Waals surface area (Å²) < 4.78 is 12.4. The van der Waals surface area contributed by atoms with Gasteiger partial charge in [0, 0.05) is 19.9 Å². The molecule has 1 unspecified atom stereocenters. The Bertz CT molecular complexity index is 408. The van der Waals surface area contributed by atoms with Gasteiger partial charge in [0.2, 0.25) is 0 Å². The van der Waals surface area contributed by atoms with E-state index in [1.807, 2.05) is 0 Å². The second-order valence-corrected chi connectivity index (χ2v) is 4.68. The van der Waals surface area contributed by atoms with E-state index in [-0.39, 0.29) is 5.97 Å². The first kappa shape index (κ1) is 13.0. The van der Waals surface area contributed by atoms with E-state index in [4.69, 9.17) is 15.2 Å². The maximum Gasteiger partial charge on any atom is 0.355 e. The van der Waals surface area contributed by atoms with Crippen LogP contribution in [0, 0.1) is 0 Å². The van der Waals surface area contributed by atoms with Crippen molar-refractivity contribution >= 4 is 11.7 Å². The van der Waals surface area contributed by atoms with Gasteiger partial charge in [-0.25, -0.2) is 4.79 Å². The Morgan fingerprint density at radius 2 is 2.50 bits per heavy atom. The van der Waals surface area contributed by atoms with E-state index in [2.05, 4.69) is 0 Å². The predicted molar refractivity (Wildman–Crippen MR) is 68.3 cm³/mol. The zero-order chi connectivity index (χ0) is 13.0. The normalized spacial score (nSPS) is 19.1. The number of carbonyl (C=O) groups is 1. The zero-order valence-electron chi connectivity index (χ0n) is 10.7. The Balaban J connectivity index is 1.70. The van der Waals surface area contributed by atoms with Crippen LogP contribution in [0.1, 0.15) is 36.2 Å². The van der Waals surface area contributed by atoms with Crippen molar-refractivity contribution in [1.29, 1.82) is 0 Å². The first-order valence-electron chi connectivity index (χ1n) is 6.37. The van der Waals surface area contributed by atoms with Crippen molar-refractivity contribution in [2.24, 2.45) is 7.05 Å². The molecule has 1 aliphatic rings. The minimum absolute atomic E-state index is 0.318. The average Bonchev–Trinajstić information content (AvgIpc) is 2.94. The van der Waals surface area contributed by atoms with Gasteiger partial charge in [-0.3, -0.25) is 0 Å². The fraction of sp³-hybridized carbons (Fsp3) is 0.615. The molecule has 1 atom stereocenters. The molecule has 18 heavy (non-hydrogen) atoms. The van der Waals surface area contributed by atoms with Crippen molar-refractivity contribution in [1.82, 2.24) is 4.57 Å². The van der Waals surface area contributed by atoms with Crippen molar-refractivity contribution < 1.29 is 14.3 Å². The number of nitrogens with zero attached hydrogens (tertiary/aromatic N) is 1. The number of aromatic nitrogens is 1. The lowest BCUT2D eigenvalue weighted by molar-refractivity contribution is 0.0451. The summed E-state index contributed by atoms with van der Waals surface area (Å²) in [4.78, 5) is 11.7. The van der Waals surface area contributed by atoms with E-state index >= 15 is 0 Å². The lowest BCUT2D eigenvalue weighted by Crippen LogP contribution is -2.12. The Labute approximate surface area is 107 Å². The third-order valence-corrected chi connectivity index (χ3v) is 3.16. The molecule has 1 fully saturated rings. The van der Waals surface area contributed by atoms with Crippen molar-refractivity contribution in [2.45, 2.75) is 31.8 Å². The molecule has 1 aromatic rings. The highest BCUT2D eigenvalue weighted by molar-refractivity contribution is 5.89. The second kappa shape index (κ2) is 5.91. The minimum Gasteiger partial charge on any atom is -0.461 e. The van der Waals surface area contributed by atoms with Gasteiger partial charge < -0.3 is 19.8 Å². The van der Waals surface area contributed by atoms with Gasteiger partial charge in [-0.1, -0.05) is 0 Å². The molecule has 0 aromatic carbocycles. The Morgan fingerprint density at radius 3 is 3.11 bits per heavy atom. The molecule has 5 heteroatoms. The Hall–Kier alpha value is -1.49. The highest BCUT2D eigenvalue weighted by Crippen LogP contribution is 2.17. The Kier molecular flexibility index (Phi) is 4.25. The molecule has 1 aliphatic heterocycles. The SMILES string of the molecule is Cn1cc(N)cc1C(=O)OCCCC1CCCO1. The number of nitrogen functional groups attached to an aromatic ring is 1. The molecule has 0 saturated carbocycles. The highest BCUT2D eigenvalue weighted by Gasteiger charge is 2.16. The first-order chi connectivity index (χ1) is 8.66. The summed E-state index contributed by atoms with van der Waals surface area (Å²) in [6, 6.07) is 1.63. The summed E-state index contributed by atoms with van der Waals surface area (Å²) in [6.07, 6.45) is 6.13. The lowest BCUT2D eigenvalue weighted by Gasteiger charge is -2.09. The van der Waals surface area contributed by atoms with E-state index in [1.165, 1.54) is 0 Å². The van der Waals surface area contributed by atoms with Crippen LogP contribution in [0.4, 0.5) is 5.69 Å². The topological polar surface area (TPSA) is 66.5 Å². The molecule has 2 heterocycles. The largest absolute Gasteiger partial charge is 0.461 e. The van der Waals surface area contributed by atoms with Crippen LogP contribution in [0.25, 0.3) is 0 Å². The van der Waals surface area contributed by atoms with Crippen LogP contribution in [-0.4, -0.2) is 29.9 Å². The summed E-state index contributed by atoms with van der Waals surface area (Å²) in [5.41, 5.74) is 6.67. The van der Waals surface area contributed by atoms with Gasteiger partial charge in [0.25, 0.3) is 0 Å². The van der Waals surface area contributed by atoms with Crippen LogP contribution in [0.3, 0.4) is 0 Å². The number of aryl methyl sites for hydroxylation is 1. The van der Waals surface area contributed by atoms with Gasteiger partial charge in [-0.2, -0.15) is 0 Å². The van der Waals surface area contributed by atoms with E-state index < -0.39 is 0 Å². The number of hydrogen-bond donors (Lipinski definition) is 1. The number of rotatable bonds is 5. The average molecular weight is 252 g/mol. The van der Waals surface area contributed by atoms with Gasteiger partial charge in [0.05, 0.1) is 18.4 Å². The molecule has 0 radical (unpaired) electrons. The number of ether oxygens (including phenoxy) is 2. The molecular weight excluding hydrogens is 232 g/mol. The maximum atomic E-state index is 11.7. The number of hydrogen-bond acceptors (Lipinski definition) is 4. The number of carbonyl (C=O) groups excluding carboxylic acids is 1. The van der Waals surface area contributed by atoms with Gasteiger partial charge in [0.15, 0.2) is 0 Å². The number of esters is 1. The molecule has 0 bridgehead atoms. The summed E-state index contributed by atoms with van der Waals surface area (Å²) in [5, 5.41) is 0. The zero-order valence-corrected chi connectivity index (χ0v) is 10.7. The Morgan fingerprint density at radius 1 is 1.67 bits per heavy atom. The van der Waals surface area contributed by atoms with Crippen LogP contribution < -0.4 is 5.73 Å². The molecular formula is C13H20N2O3. The van der Waals surface area contributed by atoms with Crippen LogP contribution in [0.15, 0.2) is 12.3 Å². The van der Waals surface area contributed by atoms with E-state index in [0.29, 0.717) is 24.1 Å². The second-order valence-electron chi connectivity index (χ2n) is 4.68. The van der Waals surface area contributed by atoms with Crippen LogP contribution in [-0.2, 0) is 16.5 Å². The fourth-order valence-electron chi connectivity index (χ4n) is 2.21. The van der Waals surface area contributed by atoms with Crippen molar-refractivity contribution in [3.63, 3.8) is 0 Å². The molecule has 1 aromatic heterocycles. The van der Waals surface area contributed by atoms with Gasteiger partial charge in [0.1, 0.15) is 5.69 Å². The van der Waals surface area contributed by atoms with Crippen LogP contribution in [0.2, 0.25) is 0 Å². The standard InChI is InChI=1S/C13H20N2O3/c1-15-9-10(14)8-12(15)13(16)18-7-3-5-11-4-2-6-17-11/h8-9,11H,2-7,14H2,1H3. The van der Waals surface area contributed by atoms with Crippen LogP contribution >= 0.6 is 0 Å². The monoisotopic (exact) mass is 252 g/mol. The van der Waals surface area contributed by atoms with Crippen molar-refractivity contribution in [3.05, 3.63) is 18.0 Å². The van der Waals surface area contributed by atoms with Crippen molar-refractivity contribution in [3.8, 4) is 0 Å². The third-order valence-electron chi connectivity index (χ3n) is 3.16. The number of nitrogens with two attached hydrogens (primary N) is 1. The van der Waals surface area contributed by atoms with E-state index in [9.17, 15) is 4.79 Å². The summed E-state index contributed by atoms with van der Waals surface area (Å²) in [7, 11) is 1.78. The van der Waals surface area contributed by atoms with Gasteiger partial charge in [-0.05, 0) is 31.7 Å². The summed E-state index contributed by atoms with van der Waals surface area (Å²) >= 11 is 0. The molecule has 0 aliphatic carbocycles.